The number of nitrogens with zero attached hydrogens (tertiary/aromatic N) is 3. The molecule has 1 saturated carbocycles. The Balaban J connectivity index is 1.19. The topological polar surface area (TPSA) is 90.9 Å². The molecule has 5 fully saturated rings. The molecule has 5 rings (SSSR count). The minimum Gasteiger partial charge on any atom is -0.366 e. The third kappa shape index (κ3) is 5.34. The molecule has 0 aromatic rings. The van der Waals surface area contributed by atoms with Crippen molar-refractivity contribution in [1.29, 1.82) is 5.41 Å². The molecule has 4 aliphatic heterocycles. The zero-order chi connectivity index (χ0) is 26.5. The Labute approximate surface area is 218 Å². The average Bonchev–Trinajstić information content (AvgIpc) is 3.38. The molecule has 37 heavy (non-hydrogen) atoms. The zero-order valence-corrected chi connectivity index (χ0v) is 22.5. The fourth-order valence-corrected chi connectivity index (χ4v) is 7.57. The van der Waals surface area contributed by atoms with Gasteiger partial charge in [0.2, 0.25) is 0 Å². The van der Waals surface area contributed by atoms with E-state index in [1.807, 2.05) is 11.9 Å². The lowest BCUT2D eigenvalue weighted by atomic mass is 9.80. The van der Waals surface area contributed by atoms with Gasteiger partial charge in [0.25, 0.3) is 0 Å². The number of guanidine groups is 1. The minimum atomic E-state index is -4.20. The van der Waals surface area contributed by atoms with Crippen molar-refractivity contribution in [2.75, 3.05) is 47.4 Å². The predicted molar refractivity (Wildman–Crippen MR) is 136 cm³/mol. The van der Waals surface area contributed by atoms with E-state index in [1.54, 1.807) is 14.2 Å². The van der Waals surface area contributed by atoms with Gasteiger partial charge in [0.1, 0.15) is 18.4 Å². The highest BCUT2D eigenvalue weighted by molar-refractivity contribution is 5.80. The van der Waals surface area contributed by atoms with Crippen LogP contribution in [0.4, 0.5) is 13.2 Å². The summed E-state index contributed by atoms with van der Waals surface area (Å²) in [6, 6.07) is -1.25. The van der Waals surface area contributed by atoms with Gasteiger partial charge in [-0.1, -0.05) is 6.92 Å². The van der Waals surface area contributed by atoms with Crippen LogP contribution < -0.4 is 21.3 Å². The van der Waals surface area contributed by atoms with E-state index in [0.29, 0.717) is 17.8 Å². The molecular formula is C25H45F3N8O. The lowest BCUT2D eigenvalue weighted by molar-refractivity contribution is -0.150. The van der Waals surface area contributed by atoms with Crippen molar-refractivity contribution in [2.45, 2.75) is 82.0 Å². The number of fused-ring (bicyclic) bond motifs is 1. The maximum atomic E-state index is 13.2. The number of alkyl halides is 3. The first-order valence-electron chi connectivity index (χ1n) is 13.9. The number of ether oxygens (including phenoxy) is 1. The molecule has 12 heteroatoms. The maximum Gasteiger partial charge on any atom is 0.405 e. The van der Waals surface area contributed by atoms with Crippen molar-refractivity contribution in [2.24, 2.45) is 23.7 Å². The number of hydrogen-bond acceptors (Lipinski definition) is 7. The minimum absolute atomic E-state index is 0.00752. The summed E-state index contributed by atoms with van der Waals surface area (Å²) in [5.74, 6) is 2.01. The predicted octanol–water partition coefficient (Wildman–Crippen LogP) is 1.20. The SMILES string of the molecule is COC1NCCC(C)C1C1NCC2C(N1)N(CC1CCC(C3NC(C(F)(F)F)CN3C)CC1)C(=N)N2C. The van der Waals surface area contributed by atoms with E-state index in [1.165, 1.54) is 0 Å². The summed E-state index contributed by atoms with van der Waals surface area (Å²) in [6.07, 6.45) is 0.641. The summed E-state index contributed by atoms with van der Waals surface area (Å²) in [4.78, 5) is 6.13. The molecular weight excluding hydrogens is 485 g/mol. The van der Waals surface area contributed by atoms with E-state index in [2.05, 4.69) is 38.0 Å². The van der Waals surface area contributed by atoms with E-state index in [-0.39, 0.29) is 49.1 Å². The second-order valence-corrected chi connectivity index (χ2v) is 12.0. The van der Waals surface area contributed by atoms with Gasteiger partial charge in [0.15, 0.2) is 5.96 Å². The highest BCUT2D eigenvalue weighted by Gasteiger charge is 2.50. The molecule has 0 amide bonds. The highest BCUT2D eigenvalue weighted by atomic mass is 19.4. The molecule has 1 aliphatic carbocycles. The molecule has 0 aromatic carbocycles. The Morgan fingerprint density at radius 1 is 1.03 bits per heavy atom. The normalized spacial score (nSPS) is 43.9. The van der Waals surface area contributed by atoms with Crippen molar-refractivity contribution in [3.05, 3.63) is 0 Å². The van der Waals surface area contributed by atoms with Gasteiger partial charge in [-0.05, 0) is 63.5 Å². The van der Waals surface area contributed by atoms with E-state index in [0.717, 1.165) is 51.7 Å². The van der Waals surface area contributed by atoms with Crippen LogP contribution in [-0.4, -0.2) is 111 Å². The second-order valence-electron chi connectivity index (χ2n) is 12.0. The summed E-state index contributed by atoms with van der Waals surface area (Å²) in [5.41, 5.74) is 0. The molecule has 5 aliphatic rings. The lowest BCUT2D eigenvalue weighted by Gasteiger charge is -2.47. The fraction of sp³-hybridized carbons (Fsp3) is 0.960. The number of hydrogen-bond donors (Lipinski definition) is 5. The van der Waals surface area contributed by atoms with Gasteiger partial charge in [0.05, 0.1) is 18.4 Å². The number of nitrogens with one attached hydrogen (secondary N) is 5. The number of likely N-dealkylation sites (N-methyl/N-ethyl adjacent to an activating group) is 2. The maximum absolute atomic E-state index is 13.2. The van der Waals surface area contributed by atoms with Gasteiger partial charge in [-0.25, -0.2) is 0 Å². The van der Waals surface area contributed by atoms with E-state index >= 15 is 0 Å². The zero-order valence-electron chi connectivity index (χ0n) is 22.5. The summed E-state index contributed by atoms with van der Waals surface area (Å²) < 4.78 is 45.5. The summed E-state index contributed by atoms with van der Waals surface area (Å²) in [6.45, 7) is 4.89. The summed E-state index contributed by atoms with van der Waals surface area (Å²) >= 11 is 0. The van der Waals surface area contributed by atoms with Crippen LogP contribution in [0.2, 0.25) is 0 Å². The molecule has 0 bridgehead atoms. The lowest BCUT2D eigenvalue weighted by Crippen LogP contribution is -2.70. The Hall–Kier alpha value is -1.18. The number of piperidine rings is 1. The van der Waals surface area contributed by atoms with Crippen LogP contribution in [0, 0.1) is 29.1 Å². The van der Waals surface area contributed by atoms with Crippen LogP contribution >= 0.6 is 0 Å². The number of methoxy groups -OCH3 is 1. The molecule has 8 unspecified atom stereocenters. The molecule has 8 atom stereocenters. The third-order valence-corrected chi connectivity index (χ3v) is 9.80. The number of halogens is 3. The standard InChI is InChI=1S/C25H45F3N8O/c1-14-9-10-30-23(37-4)19(14)20-31-11-17-22(33-20)36(24(29)35(17)3)12-15-5-7-16(8-6-15)21-32-18(13-34(21)2)25(26,27)28/h14-23,29-33H,5-13H2,1-4H3. The van der Waals surface area contributed by atoms with Crippen molar-refractivity contribution >= 4 is 5.96 Å². The first-order chi connectivity index (χ1) is 17.6. The number of rotatable bonds is 5. The van der Waals surface area contributed by atoms with Gasteiger partial charge in [-0.2, -0.15) is 13.2 Å². The molecule has 4 heterocycles. The van der Waals surface area contributed by atoms with E-state index in [9.17, 15) is 13.2 Å². The van der Waals surface area contributed by atoms with Gasteiger partial charge in [-0.3, -0.25) is 31.6 Å². The molecule has 0 aromatic heterocycles. The molecule has 5 N–H and O–H groups in total. The Morgan fingerprint density at radius 2 is 1.76 bits per heavy atom. The van der Waals surface area contributed by atoms with Crippen LogP contribution in [0.25, 0.3) is 0 Å². The van der Waals surface area contributed by atoms with Crippen LogP contribution in [-0.2, 0) is 4.74 Å². The molecule has 212 valence electrons. The van der Waals surface area contributed by atoms with Gasteiger partial charge in [0, 0.05) is 39.7 Å². The first-order valence-corrected chi connectivity index (χ1v) is 13.9. The Bertz CT molecular complexity index is 809. The fourth-order valence-electron chi connectivity index (χ4n) is 7.57. The van der Waals surface area contributed by atoms with Crippen molar-refractivity contribution < 1.29 is 17.9 Å². The highest BCUT2D eigenvalue weighted by Crippen LogP contribution is 2.37. The van der Waals surface area contributed by atoms with E-state index in [4.69, 9.17) is 10.1 Å². The Morgan fingerprint density at radius 3 is 2.41 bits per heavy atom. The van der Waals surface area contributed by atoms with Crippen molar-refractivity contribution in [1.82, 2.24) is 36.0 Å². The van der Waals surface area contributed by atoms with Crippen molar-refractivity contribution in [3.63, 3.8) is 0 Å². The molecule has 0 spiro atoms. The van der Waals surface area contributed by atoms with Crippen LogP contribution in [0.5, 0.6) is 0 Å². The molecule has 4 saturated heterocycles. The second kappa shape index (κ2) is 10.8. The van der Waals surface area contributed by atoms with E-state index < -0.39 is 12.2 Å². The molecule has 0 radical (unpaired) electrons. The Kier molecular flexibility index (Phi) is 7.97. The monoisotopic (exact) mass is 530 g/mol. The van der Waals surface area contributed by atoms with Crippen molar-refractivity contribution in [3.8, 4) is 0 Å². The third-order valence-electron chi connectivity index (χ3n) is 9.80. The van der Waals surface area contributed by atoms with Crippen LogP contribution in [0.15, 0.2) is 0 Å². The largest absolute Gasteiger partial charge is 0.405 e. The van der Waals surface area contributed by atoms with Crippen LogP contribution in [0.1, 0.15) is 39.0 Å². The first kappa shape index (κ1) is 27.4. The van der Waals surface area contributed by atoms with Gasteiger partial charge < -0.3 is 14.5 Å². The van der Waals surface area contributed by atoms with Gasteiger partial charge in [-0.15, -0.1) is 0 Å². The smallest absolute Gasteiger partial charge is 0.366 e. The van der Waals surface area contributed by atoms with Crippen LogP contribution in [0.3, 0.4) is 0 Å². The summed E-state index contributed by atoms with van der Waals surface area (Å²) in [5, 5.41) is 22.8. The van der Waals surface area contributed by atoms with Gasteiger partial charge >= 0.3 is 6.18 Å². The quantitative estimate of drug-likeness (QED) is 0.362. The summed E-state index contributed by atoms with van der Waals surface area (Å²) in [7, 11) is 5.56. The molecule has 9 nitrogen and oxygen atoms in total. The average molecular weight is 531 g/mol.